The normalized spacial score (nSPS) is 12.7. The lowest BCUT2D eigenvalue weighted by atomic mass is 9.90. The fourth-order valence-electron chi connectivity index (χ4n) is 3.31. The van der Waals surface area contributed by atoms with Crippen LogP contribution in [0.1, 0.15) is 43.7 Å². The van der Waals surface area contributed by atoms with Gasteiger partial charge >= 0.3 is 0 Å². The summed E-state index contributed by atoms with van der Waals surface area (Å²) in [6, 6.07) is 15.9. The van der Waals surface area contributed by atoms with Crippen LogP contribution in [-0.4, -0.2) is 29.1 Å². The Balaban J connectivity index is 1.75. The smallest absolute Gasteiger partial charge is 0.220 e. The van der Waals surface area contributed by atoms with E-state index >= 15 is 0 Å². The van der Waals surface area contributed by atoms with E-state index in [9.17, 15) is 19.5 Å². The molecule has 0 spiro atoms. The van der Waals surface area contributed by atoms with Crippen LogP contribution >= 0.6 is 0 Å². The molecule has 2 unspecified atom stereocenters. The standard InChI is InChI=1S/C24H29NO4/c1-2-20(15-19-11-13-22(27)14-12-19)23(28)9-6-10-24(29)25-21(17-26)16-18-7-4-3-5-8-18/h3-5,7-8,11-14,17,20-21,27H,2,6,9-10,15-16H2,1H3,(H,25,29). The predicted octanol–water partition coefficient (Wildman–Crippen LogP) is 3.63. The Bertz CT molecular complexity index is 786. The van der Waals surface area contributed by atoms with Gasteiger partial charge in [-0.15, -0.1) is 0 Å². The fourth-order valence-corrected chi connectivity index (χ4v) is 3.31. The Morgan fingerprint density at radius 1 is 0.966 bits per heavy atom. The highest BCUT2D eigenvalue weighted by atomic mass is 16.3. The molecule has 0 saturated carbocycles. The fraction of sp³-hybridized carbons (Fsp3) is 0.375. The van der Waals surface area contributed by atoms with E-state index < -0.39 is 6.04 Å². The maximum absolute atomic E-state index is 12.5. The summed E-state index contributed by atoms with van der Waals surface area (Å²) in [5.74, 6) is 0.0467. The van der Waals surface area contributed by atoms with Crippen LogP contribution in [0.25, 0.3) is 0 Å². The zero-order valence-corrected chi connectivity index (χ0v) is 16.8. The molecule has 0 saturated heterocycles. The number of carbonyl (C=O) groups is 3. The number of benzene rings is 2. The molecule has 154 valence electrons. The van der Waals surface area contributed by atoms with Crippen LogP contribution in [0.3, 0.4) is 0 Å². The first-order valence-electron chi connectivity index (χ1n) is 10.1. The second kappa shape index (κ2) is 11.8. The zero-order valence-electron chi connectivity index (χ0n) is 16.8. The highest BCUT2D eigenvalue weighted by Crippen LogP contribution is 2.18. The molecule has 0 aliphatic heterocycles. The van der Waals surface area contributed by atoms with Gasteiger partial charge in [-0.3, -0.25) is 9.59 Å². The second-order valence-corrected chi connectivity index (χ2v) is 7.30. The topological polar surface area (TPSA) is 83.5 Å². The largest absolute Gasteiger partial charge is 0.508 e. The number of phenols is 1. The number of phenolic OH excluding ortho intramolecular Hbond substituents is 1. The van der Waals surface area contributed by atoms with E-state index in [0.29, 0.717) is 25.7 Å². The molecule has 0 bridgehead atoms. The molecule has 0 aromatic heterocycles. The highest BCUT2D eigenvalue weighted by Gasteiger charge is 2.18. The number of aromatic hydroxyl groups is 1. The molecule has 2 N–H and O–H groups in total. The molecule has 2 aromatic carbocycles. The third-order valence-electron chi connectivity index (χ3n) is 5.00. The van der Waals surface area contributed by atoms with Crippen molar-refractivity contribution in [3.63, 3.8) is 0 Å². The summed E-state index contributed by atoms with van der Waals surface area (Å²) in [6.45, 7) is 1.98. The molecule has 5 heteroatoms. The zero-order chi connectivity index (χ0) is 21.1. The lowest BCUT2D eigenvalue weighted by molar-refractivity contribution is -0.125. The van der Waals surface area contributed by atoms with Crippen molar-refractivity contribution in [2.45, 2.75) is 51.5 Å². The van der Waals surface area contributed by atoms with E-state index in [4.69, 9.17) is 0 Å². The summed E-state index contributed by atoms with van der Waals surface area (Å²) in [5, 5.41) is 12.1. The molecule has 5 nitrogen and oxygen atoms in total. The van der Waals surface area contributed by atoms with Gasteiger partial charge < -0.3 is 15.2 Å². The minimum Gasteiger partial charge on any atom is -0.508 e. The SMILES string of the molecule is CCC(Cc1ccc(O)cc1)C(=O)CCCC(=O)NC(C=O)Cc1ccccc1. The maximum Gasteiger partial charge on any atom is 0.220 e. The van der Waals surface area contributed by atoms with Gasteiger partial charge in [0.25, 0.3) is 0 Å². The van der Waals surface area contributed by atoms with E-state index in [2.05, 4.69) is 5.32 Å². The van der Waals surface area contributed by atoms with E-state index in [1.54, 1.807) is 12.1 Å². The Morgan fingerprint density at radius 3 is 2.24 bits per heavy atom. The van der Waals surface area contributed by atoms with Crippen LogP contribution < -0.4 is 5.32 Å². The number of Topliss-reactive ketones (excluding diaryl/α,β-unsaturated/α-hetero) is 1. The minimum absolute atomic E-state index is 0.0941. The third-order valence-corrected chi connectivity index (χ3v) is 5.00. The van der Waals surface area contributed by atoms with Crippen molar-refractivity contribution in [3.05, 3.63) is 65.7 Å². The second-order valence-electron chi connectivity index (χ2n) is 7.30. The van der Waals surface area contributed by atoms with E-state index in [-0.39, 0.29) is 29.8 Å². The Kier molecular flexibility index (Phi) is 9.09. The van der Waals surface area contributed by atoms with Crippen molar-refractivity contribution in [3.8, 4) is 5.75 Å². The molecular formula is C24H29NO4. The molecule has 2 aromatic rings. The summed E-state index contributed by atoms with van der Waals surface area (Å²) < 4.78 is 0. The van der Waals surface area contributed by atoms with Crippen LogP contribution in [0.4, 0.5) is 0 Å². The molecule has 1 amide bonds. The summed E-state index contributed by atoms with van der Waals surface area (Å²) in [4.78, 5) is 35.9. The quantitative estimate of drug-likeness (QED) is 0.538. The molecule has 2 rings (SSSR count). The van der Waals surface area contributed by atoms with Gasteiger partial charge in [-0.05, 0) is 48.9 Å². The Labute approximate surface area is 172 Å². The predicted molar refractivity (Wildman–Crippen MR) is 113 cm³/mol. The van der Waals surface area contributed by atoms with E-state index in [1.807, 2.05) is 49.4 Å². The molecule has 0 heterocycles. The Hall–Kier alpha value is -2.95. The molecule has 0 fully saturated rings. The monoisotopic (exact) mass is 395 g/mol. The van der Waals surface area contributed by atoms with Crippen molar-refractivity contribution in [2.24, 2.45) is 5.92 Å². The maximum atomic E-state index is 12.5. The van der Waals surface area contributed by atoms with Crippen molar-refractivity contribution in [2.75, 3.05) is 0 Å². The van der Waals surface area contributed by atoms with Gasteiger partial charge in [0.2, 0.25) is 5.91 Å². The first-order chi connectivity index (χ1) is 14.0. The number of carbonyl (C=O) groups excluding carboxylic acids is 3. The Morgan fingerprint density at radius 2 is 1.62 bits per heavy atom. The highest BCUT2D eigenvalue weighted by molar-refractivity contribution is 5.83. The first-order valence-corrected chi connectivity index (χ1v) is 10.1. The number of amides is 1. The van der Waals surface area contributed by atoms with Crippen LogP contribution in [0, 0.1) is 5.92 Å². The lowest BCUT2D eigenvalue weighted by Gasteiger charge is -2.15. The van der Waals surface area contributed by atoms with Gasteiger partial charge in [0.15, 0.2) is 0 Å². The van der Waals surface area contributed by atoms with Crippen LogP contribution in [0.2, 0.25) is 0 Å². The first kappa shape index (κ1) is 22.3. The lowest BCUT2D eigenvalue weighted by Crippen LogP contribution is -2.37. The molecule has 29 heavy (non-hydrogen) atoms. The molecule has 2 atom stereocenters. The van der Waals surface area contributed by atoms with Crippen LogP contribution in [-0.2, 0) is 27.2 Å². The van der Waals surface area contributed by atoms with E-state index in [1.165, 1.54) is 0 Å². The summed E-state index contributed by atoms with van der Waals surface area (Å²) in [7, 11) is 0. The van der Waals surface area contributed by atoms with Gasteiger partial charge in [-0.2, -0.15) is 0 Å². The summed E-state index contributed by atoms with van der Waals surface area (Å²) in [6.07, 6.45) is 3.60. The van der Waals surface area contributed by atoms with Gasteiger partial charge in [-0.25, -0.2) is 0 Å². The van der Waals surface area contributed by atoms with Gasteiger partial charge in [0.1, 0.15) is 17.8 Å². The molecule has 0 aliphatic carbocycles. The third kappa shape index (κ3) is 7.90. The van der Waals surface area contributed by atoms with Gasteiger partial charge in [-0.1, -0.05) is 49.4 Å². The van der Waals surface area contributed by atoms with Crippen molar-refractivity contribution in [1.82, 2.24) is 5.32 Å². The number of rotatable bonds is 12. The molecule has 0 radical (unpaired) electrons. The number of hydrogen-bond donors (Lipinski definition) is 2. The van der Waals surface area contributed by atoms with Gasteiger partial charge in [0.05, 0.1) is 6.04 Å². The van der Waals surface area contributed by atoms with Crippen molar-refractivity contribution in [1.29, 1.82) is 0 Å². The number of hydrogen-bond acceptors (Lipinski definition) is 4. The summed E-state index contributed by atoms with van der Waals surface area (Å²) >= 11 is 0. The number of nitrogens with one attached hydrogen (secondary N) is 1. The number of ketones is 1. The molecular weight excluding hydrogens is 366 g/mol. The van der Waals surface area contributed by atoms with E-state index in [0.717, 1.165) is 23.8 Å². The average molecular weight is 395 g/mol. The van der Waals surface area contributed by atoms with Crippen molar-refractivity contribution >= 4 is 18.0 Å². The van der Waals surface area contributed by atoms with Gasteiger partial charge in [0, 0.05) is 18.8 Å². The van der Waals surface area contributed by atoms with Crippen molar-refractivity contribution < 1.29 is 19.5 Å². The van der Waals surface area contributed by atoms with Crippen LogP contribution in [0.5, 0.6) is 5.75 Å². The summed E-state index contributed by atoms with van der Waals surface area (Å²) in [5.41, 5.74) is 2.00. The minimum atomic E-state index is -0.557. The molecule has 0 aliphatic rings. The van der Waals surface area contributed by atoms with Crippen LogP contribution in [0.15, 0.2) is 54.6 Å². The number of aldehydes is 1. The average Bonchev–Trinajstić information content (AvgIpc) is 2.73.